The summed E-state index contributed by atoms with van der Waals surface area (Å²) in [5, 5.41) is 9.46. The molecule has 4 nitrogen and oxygen atoms in total. The van der Waals surface area contributed by atoms with Gasteiger partial charge in [0.2, 0.25) is 0 Å². The normalized spacial score (nSPS) is 23.2. The Morgan fingerprint density at radius 2 is 2.20 bits per heavy atom. The molecule has 0 spiro atoms. The first kappa shape index (κ1) is 14.9. The van der Waals surface area contributed by atoms with E-state index in [-0.39, 0.29) is 11.8 Å². The maximum Gasteiger partial charge on any atom is 0.308 e. The van der Waals surface area contributed by atoms with Gasteiger partial charge in [-0.2, -0.15) is 0 Å². The van der Waals surface area contributed by atoms with Crippen molar-refractivity contribution in [3.63, 3.8) is 0 Å². The average Bonchev–Trinajstić information content (AvgIpc) is 2.85. The van der Waals surface area contributed by atoms with Crippen molar-refractivity contribution >= 4 is 5.97 Å². The molecule has 1 aliphatic rings. The first-order chi connectivity index (χ1) is 9.52. The Morgan fingerprint density at radius 3 is 2.80 bits per heavy atom. The topological polar surface area (TPSA) is 49.8 Å². The van der Waals surface area contributed by atoms with Crippen LogP contribution in [0.5, 0.6) is 5.75 Å². The molecular formula is C16H23NO3. The van der Waals surface area contributed by atoms with Gasteiger partial charge in [-0.1, -0.05) is 12.1 Å². The lowest BCUT2D eigenvalue weighted by molar-refractivity contribution is -0.141. The molecular weight excluding hydrogens is 254 g/mol. The molecule has 1 saturated heterocycles. The van der Waals surface area contributed by atoms with Crippen molar-refractivity contribution in [1.82, 2.24) is 4.90 Å². The van der Waals surface area contributed by atoms with Crippen molar-refractivity contribution in [2.24, 2.45) is 5.92 Å². The van der Waals surface area contributed by atoms with Gasteiger partial charge in [0.15, 0.2) is 0 Å². The van der Waals surface area contributed by atoms with E-state index in [0.717, 1.165) is 17.9 Å². The Labute approximate surface area is 120 Å². The van der Waals surface area contributed by atoms with Crippen molar-refractivity contribution in [1.29, 1.82) is 0 Å². The zero-order valence-electron chi connectivity index (χ0n) is 12.4. The third-order valence-electron chi connectivity index (χ3n) is 3.99. The molecule has 0 amide bonds. The zero-order chi connectivity index (χ0) is 14.7. The predicted molar refractivity (Wildman–Crippen MR) is 78.2 cm³/mol. The van der Waals surface area contributed by atoms with Crippen molar-refractivity contribution in [2.45, 2.75) is 32.7 Å². The number of nitrogens with zero attached hydrogens (tertiary/aromatic N) is 1. The highest BCUT2D eigenvalue weighted by atomic mass is 16.5. The van der Waals surface area contributed by atoms with Crippen LogP contribution in [0.4, 0.5) is 0 Å². The molecule has 2 atom stereocenters. The highest BCUT2D eigenvalue weighted by Crippen LogP contribution is 2.35. The number of hydrogen-bond acceptors (Lipinski definition) is 3. The van der Waals surface area contributed by atoms with Crippen LogP contribution in [0.15, 0.2) is 24.3 Å². The molecule has 1 N–H and O–H groups in total. The summed E-state index contributed by atoms with van der Waals surface area (Å²) in [6, 6.07) is 8.22. The summed E-state index contributed by atoms with van der Waals surface area (Å²) in [5.74, 6) is -0.193. The first-order valence-electron chi connectivity index (χ1n) is 7.22. The maximum atomic E-state index is 11.5. The number of benzene rings is 1. The van der Waals surface area contributed by atoms with E-state index in [0.29, 0.717) is 19.2 Å². The molecule has 0 aromatic heterocycles. The fraction of sp³-hybridized carbons (Fsp3) is 0.562. The van der Waals surface area contributed by atoms with E-state index >= 15 is 0 Å². The van der Waals surface area contributed by atoms with Crippen molar-refractivity contribution < 1.29 is 14.6 Å². The van der Waals surface area contributed by atoms with E-state index in [1.165, 1.54) is 0 Å². The van der Waals surface area contributed by atoms with Crippen LogP contribution >= 0.6 is 0 Å². The monoisotopic (exact) mass is 277 g/mol. The van der Waals surface area contributed by atoms with Crippen LogP contribution in [0.2, 0.25) is 0 Å². The number of rotatable bonds is 5. The Balaban J connectivity index is 2.24. The lowest BCUT2D eigenvalue weighted by Gasteiger charge is -2.20. The summed E-state index contributed by atoms with van der Waals surface area (Å²) in [6.45, 7) is 8.20. The van der Waals surface area contributed by atoms with Gasteiger partial charge in [-0.05, 0) is 38.5 Å². The number of hydrogen-bond donors (Lipinski definition) is 1. The zero-order valence-corrected chi connectivity index (χ0v) is 12.4. The second-order valence-corrected chi connectivity index (χ2v) is 5.60. The molecule has 0 saturated carbocycles. The fourth-order valence-electron chi connectivity index (χ4n) is 2.85. The van der Waals surface area contributed by atoms with E-state index in [2.05, 4.69) is 18.7 Å². The number of aliphatic carboxylic acids is 1. The Bertz CT molecular complexity index is 473. The van der Waals surface area contributed by atoms with E-state index in [4.69, 9.17) is 4.74 Å². The molecule has 4 heteroatoms. The van der Waals surface area contributed by atoms with Gasteiger partial charge in [0.25, 0.3) is 0 Å². The van der Waals surface area contributed by atoms with E-state index in [1.807, 2.05) is 31.2 Å². The summed E-state index contributed by atoms with van der Waals surface area (Å²) in [4.78, 5) is 13.7. The van der Waals surface area contributed by atoms with E-state index in [9.17, 15) is 9.90 Å². The minimum Gasteiger partial charge on any atom is -0.494 e. The van der Waals surface area contributed by atoms with Gasteiger partial charge in [-0.15, -0.1) is 0 Å². The molecule has 1 aliphatic heterocycles. The number of carboxylic acid groups (broad SMARTS) is 1. The smallest absolute Gasteiger partial charge is 0.308 e. The molecule has 1 aromatic rings. The summed E-state index contributed by atoms with van der Waals surface area (Å²) in [6.07, 6.45) is 0. The van der Waals surface area contributed by atoms with Crippen LogP contribution in [0.25, 0.3) is 0 Å². The Hall–Kier alpha value is -1.55. The summed E-state index contributed by atoms with van der Waals surface area (Å²) in [7, 11) is 0. The number of carbonyl (C=O) groups is 1. The second-order valence-electron chi connectivity index (χ2n) is 5.60. The molecule has 110 valence electrons. The molecule has 0 radical (unpaired) electrons. The highest BCUT2D eigenvalue weighted by molar-refractivity contribution is 5.72. The Kier molecular flexibility index (Phi) is 4.65. The largest absolute Gasteiger partial charge is 0.494 e. The minimum absolute atomic E-state index is 0.0373. The highest BCUT2D eigenvalue weighted by Gasteiger charge is 2.39. The maximum absolute atomic E-state index is 11.5. The second kappa shape index (κ2) is 6.27. The fourth-order valence-corrected chi connectivity index (χ4v) is 2.85. The third-order valence-corrected chi connectivity index (χ3v) is 3.99. The van der Waals surface area contributed by atoms with Crippen LogP contribution in [0.3, 0.4) is 0 Å². The van der Waals surface area contributed by atoms with Gasteiger partial charge >= 0.3 is 5.97 Å². The summed E-state index contributed by atoms with van der Waals surface area (Å²) in [5.41, 5.74) is 1.06. The van der Waals surface area contributed by atoms with Gasteiger partial charge in [0.1, 0.15) is 5.75 Å². The molecule has 1 aromatic carbocycles. The molecule has 20 heavy (non-hydrogen) atoms. The Morgan fingerprint density at radius 1 is 1.45 bits per heavy atom. The summed E-state index contributed by atoms with van der Waals surface area (Å²) >= 11 is 0. The number of ether oxygens (including phenoxy) is 1. The van der Waals surface area contributed by atoms with E-state index in [1.54, 1.807) is 0 Å². The van der Waals surface area contributed by atoms with Gasteiger partial charge in [0.05, 0.1) is 12.5 Å². The van der Waals surface area contributed by atoms with Crippen LogP contribution in [-0.4, -0.2) is 41.7 Å². The van der Waals surface area contributed by atoms with Crippen LogP contribution in [0, 0.1) is 5.92 Å². The van der Waals surface area contributed by atoms with Gasteiger partial charge in [0, 0.05) is 25.0 Å². The summed E-state index contributed by atoms with van der Waals surface area (Å²) < 4.78 is 5.52. The molecule has 0 aliphatic carbocycles. The minimum atomic E-state index is -0.708. The lowest BCUT2D eigenvalue weighted by atomic mass is 9.89. The van der Waals surface area contributed by atoms with Gasteiger partial charge in [-0.25, -0.2) is 0 Å². The molecule has 1 fully saturated rings. The lowest BCUT2D eigenvalue weighted by Crippen LogP contribution is -2.29. The van der Waals surface area contributed by atoms with Crippen molar-refractivity contribution in [2.75, 3.05) is 19.7 Å². The number of likely N-dealkylation sites (tertiary alicyclic amines) is 1. The predicted octanol–water partition coefficient (Wildman–Crippen LogP) is 2.59. The van der Waals surface area contributed by atoms with Crippen LogP contribution in [0.1, 0.15) is 32.3 Å². The van der Waals surface area contributed by atoms with Crippen LogP contribution < -0.4 is 4.74 Å². The molecule has 0 bridgehead atoms. The van der Waals surface area contributed by atoms with Gasteiger partial charge in [-0.3, -0.25) is 9.69 Å². The average molecular weight is 277 g/mol. The van der Waals surface area contributed by atoms with Crippen molar-refractivity contribution in [3.8, 4) is 5.75 Å². The van der Waals surface area contributed by atoms with Gasteiger partial charge < -0.3 is 9.84 Å². The standard InChI is InChI=1S/C16H23NO3/c1-4-20-13-7-5-6-12(8-13)14-9-17(11(2)3)10-15(14)16(18)19/h5-8,11,14-15H,4,9-10H2,1-3H3,(H,18,19). The third kappa shape index (κ3) is 3.12. The SMILES string of the molecule is CCOc1cccc(C2CN(C(C)C)CC2C(=O)O)c1. The first-order valence-corrected chi connectivity index (χ1v) is 7.22. The molecule has 1 heterocycles. The molecule has 2 rings (SSSR count). The van der Waals surface area contributed by atoms with Crippen molar-refractivity contribution in [3.05, 3.63) is 29.8 Å². The number of carboxylic acids is 1. The van der Waals surface area contributed by atoms with E-state index < -0.39 is 5.97 Å². The molecule has 2 unspecified atom stereocenters. The quantitative estimate of drug-likeness (QED) is 0.898. The van der Waals surface area contributed by atoms with Crippen LogP contribution in [-0.2, 0) is 4.79 Å².